The molecule has 1 aromatic carbocycles. The molecule has 1 unspecified atom stereocenters. The molecule has 2 aromatic rings. The number of halogens is 3. The maximum absolute atomic E-state index is 13.5. The van der Waals surface area contributed by atoms with Gasteiger partial charge in [-0.3, -0.25) is 0 Å². The third-order valence-electron chi connectivity index (χ3n) is 2.60. The maximum atomic E-state index is 13.5. The van der Waals surface area contributed by atoms with E-state index in [0.717, 1.165) is 0 Å². The van der Waals surface area contributed by atoms with Crippen LogP contribution < -0.4 is 0 Å². The first-order valence-corrected chi connectivity index (χ1v) is 5.45. The van der Waals surface area contributed by atoms with Gasteiger partial charge in [0, 0.05) is 12.1 Å². The summed E-state index contributed by atoms with van der Waals surface area (Å²) >= 11 is 0. The van der Waals surface area contributed by atoms with Gasteiger partial charge in [0.2, 0.25) is 0 Å². The van der Waals surface area contributed by atoms with Crippen LogP contribution in [0.15, 0.2) is 28.7 Å². The molecule has 18 heavy (non-hydrogen) atoms. The Bertz CT molecular complexity index is 540. The van der Waals surface area contributed by atoms with E-state index in [4.69, 9.17) is 4.42 Å². The lowest BCUT2D eigenvalue weighted by atomic mass is 10.1. The highest BCUT2D eigenvalue weighted by molar-refractivity contribution is 5.59. The van der Waals surface area contributed by atoms with E-state index in [1.54, 1.807) is 6.92 Å². The Morgan fingerprint density at radius 3 is 2.33 bits per heavy atom. The quantitative estimate of drug-likeness (QED) is 0.905. The first-order valence-electron chi connectivity index (χ1n) is 5.45. The monoisotopic (exact) mass is 256 g/mol. The van der Waals surface area contributed by atoms with E-state index in [-0.39, 0.29) is 11.5 Å². The van der Waals surface area contributed by atoms with Crippen LogP contribution in [-0.4, -0.2) is 5.11 Å². The van der Waals surface area contributed by atoms with Crippen molar-refractivity contribution in [1.29, 1.82) is 0 Å². The van der Waals surface area contributed by atoms with E-state index < -0.39 is 29.1 Å². The lowest BCUT2D eigenvalue weighted by molar-refractivity contribution is 0.146. The normalized spacial score (nSPS) is 12.7. The molecule has 96 valence electrons. The molecular weight excluding hydrogens is 245 g/mol. The van der Waals surface area contributed by atoms with Gasteiger partial charge in [-0.1, -0.05) is 6.92 Å². The smallest absolute Gasteiger partial charge is 0.140 e. The van der Waals surface area contributed by atoms with Crippen molar-refractivity contribution in [2.24, 2.45) is 0 Å². The standard InChI is InChI=1S/C13H11F3O2/c1-2-10(17)11-3-4-12(18-11)13-8(15)5-7(14)6-9(13)16/h3-6,10,17H,2H2,1H3. The van der Waals surface area contributed by atoms with Crippen molar-refractivity contribution < 1.29 is 22.7 Å². The molecule has 0 aliphatic heterocycles. The van der Waals surface area contributed by atoms with Crippen molar-refractivity contribution in [1.82, 2.24) is 0 Å². The number of hydrogen-bond acceptors (Lipinski definition) is 2. The van der Waals surface area contributed by atoms with Gasteiger partial charge in [0.25, 0.3) is 0 Å². The van der Waals surface area contributed by atoms with Crippen molar-refractivity contribution in [2.45, 2.75) is 19.4 Å². The summed E-state index contributed by atoms with van der Waals surface area (Å²) in [5, 5.41) is 9.53. The van der Waals surface area contributed by atoms with Gasteiger partial charge in [0.1, 0.15) is 35.1 Å². The zero-order chi connectivity index (χ0) is 13.3. The van der Waals surface area contributed by atoms with E-state index in [0.29, 0.717) is 18.6 Å². The number of aliphatic hydroxyl groups excluding tert-OH is 1. The second-order valence-corrected chi connectivity index (χ2v) is 3.87. The number of hydrogen-bond donors (Lipinski definition) is 1. The van der Waals surface area contributed by atoms with Crippen LogP contribution in [0.4, 0.5) is 13.2 Å². The lowest BCUT2D eigenvalue weighted by Crippen LogP contribution is -1.93. The molecule has 1 N–H and O–H groups in total. The van der Waals surface area contributed by atoms with Crippen LogP contribution in [0.1, 0.15) is 25.2 Å². The van der Waals surface area contributed by atoms with Gasteiger partial charge >= 0.3 is 0 Å². The lowest BCUT2D eigenvalue weighted by Gasteiger charge is -2.04. The van der Waals surface area contributed by atoms with Crippen LogP contribution in [0, 0.1) is 17.5 Å². The van der Waals surface area contributed by atoms with Crippen LogP contribution in [-0.2, 0) is 0 Å². The molecule has 0 amide bonds. The van der Waals surface area contributed by atoms with Gasteiger partial charge in [0.15, 0.2) is 0 Å². The molecule has 0 fully saturated rings. The Morgan fingerprint density at radius 2 is 1.78 bits per heavy atom. The van der Waals surface area contributed by atoms with E-state index in [9.17, 15) is 18.3 Å². The Kier molecular flexibility index (Phi) is 3.43. The molecule has 0 saturated heterocycles. The van der Waals surface area contributed by atoms with Crippen LogP contribution in [0.3, 0.4) is 0 Å². The van der Waals surface area contributed by atoms with Gasteiger partial charge in [0.05, 0.1) is 5.56 Å². The summed E-state index contributed by atoms with van der Waals surface area (Å²) in [6.45, 7) is 1.74. The second kappa shape index (κ2) is 4.86. The van der Waals surface area contributed by atoms with Crippen molar-refractivity contribution >= 4 is 0 Å². The summed E-state index contributed by atoms with van der Waals surface area (Å²) in [6, 6.07) is 3.94. The summed E-state index contributed by atoms with van der Waals surface area (Å²) in [7, 11) is 0. The molecule has 1 aromatic heterocycles. The van der Waals surface area contributed by atoms with Crippen LogP contribution in [0.2, 0.25) is 0 Å². The van der Waals surface area contributed by atoms with Crippen LogP contribution in [0.5, 0.6) is 0 Å². The molecular formula is C13H11F3O2. The van der Waals surface area contributed by atoms with Gasteiger partial charge in [-0.05, 0) is 18.6 Å². The van der Waals surface area contributed by atoms with Gasteiger partial charge in [-0.2, -0.15) is 0 Å². The minimum atomic E-state index is -1.04. The third kappa shape index (κ3) is 2.26. The fourth-order valence-corrected chi connectivity index (χ4v) is 1.65. The van der Waals surface area contributed by atoms with Crippen molar-refractivity contribution in [3.63, 3.8) is 0 Å². The molecule has 0 spiro atoms. The average molecular weight is 256 g/mol. The van der Waals surface area contributed by atoms with E-state index in [1.807, 2.05) is 0 Å². The molecule has 0 saturated carbocycles. The highest BCUT2D eigenvalue weighted by Crippen LogP contribution is 2.30. The fraction of sp³-hybridized carbons (Fsp3) is 0.231. The minimum absolute atomic E-state index is 0.0764. The van der Waals surface area contributed by atoms with Crippen molar-refractivity contribution in [3.05, 3.63) is 47.5 Å². The number of aliphatic hydroxyl groups is 1. The molecule has 1 atom stereocenters. The first-order chi connectivity index (χ1) is 8.52. The summed E-state index contributed by atoms with van der Waals surface area (Å²) in [5.74, 6) is -2.93. The van der Waals surface area contributed by atoms with E-state index >= 15 is 0 Å². The fourth-order valence-electron chi connectivity index (χ4n) is 1.65. The van der Waals surface area contributed by atoms with Crippen molar-refractivity contribution in [2.75, 3.05) is 0 Å². The Labute approximate surface area is 102 Å². The van der Waals surface area contributed by atoms with Crippen LogP contribution >= 0.6 is 0 Å². The Hall–Kier alpha value is -1.75. The SMILES string of the molecule is CCC(O)c1ccc(-c2c(F)cc(F)cc2F)o1. The second-order valence-electron chi connectivity index (χ2n) is 3.87. The highest BCUT2D eigenvalue weighted by atomic mass is 19.1. The number of rotatable bonds is 3. The zero-order valence-corrected chi connectivity index (χ0v) is 9.58. The third-order valence-corrected chi connectivity index (χ3v) is 2.60. The van der Waals surface area contributed by atoms with Crippen LogP contribution in [0.25, 0.3) is 11.3 Å². The number of benzene rings is 1. The molecule has 0 aliphatic rings. The molecule has 0 bridgehead atoms. The maximum Gasteiger partial charge on any atom is 0.140 e. The Balaban J connectivity index is 2.46. The summed E-state index contributed by atoms with van der Waals surface area (Å²) < 4.78 is 44.9. The molecule has 0 radical (unpaired) electrons. The highest BCUT2D eigenvalue weighted by Gasteiger charge is 2.18. The molecule has 2 nitrogen and oxygen atoms in total. The van der Waals surface area contributed by atoms with Gasteiger partial charge < -0.3 is 9.52 Å². The summed E-state index contributed by atoms with van der Waals surface area (Å²) in [6.07, 6.45) is -0.410. The minimum Gasteiger partial charge on any atom is -0.458 e. The molecule has 0 aliphatic carbocycles. The predicted molar refractivity (Wildman–Crippen MR) is 59.3 cm³/mol. The topological polar surface area (TPSA) is 33.4 Å². The summed E-state index contributed by atoms with van der Waals surface area (Å²) in [5.41, 5.74) is -0.439. The molecule has 1 heterocycles. The Morgan fingerprint density at radius 1 is 1.17 bits per heavy atom. The number of furan rings is 1. The largest absolute Gasteiger partial charge is 0.458 e. The predicted octanol–water partition coefficient (Wildman–Crippen LogP) is 3.81. The zero-order valence-electron chi connectivity index (χ0n) is 9.58. The molecule has 5 heteroatoms. The molecule has 2 rings (SSSR count). The van der Waals surface area contributed by atoms with Crippen molar-refractivity contribution in [3.8, 4) is 11.3 Å². The average Bonchev–Trinajstić information content (AvgIpc) is 2.76. The van der Waals surface area contributed by atoms with Gasteiger partial charge in [-0.15, -0.1) is 0 Å². The first kappa shape index (κ1) is 12.7. The van der Waals surface area contributed by atoms with E-state index in [2.05, 4.69) is 0 Å². The van der Waals surface area contributed by atoms with E-state index in [1.165, 1.54) is 12.1 Å². The summed E-state index contributed by atoms with van der Waals surface area (Å²) in [4.78, 5) is 0. The van der Waals surface area contributed by atoms with Gasteiger partial charge in [-0.25, -0.2) is 13.2 Å².